The number of thioether (sulfide) groups is 1. The number of amides is 3. The Morgan fingerprint density at radius 3 is 2.56 bits per heavy atom. The minimum absolute atomic E-state index is 0.0622. The van der Waals surface area contributed by atoms with Crippen molar-refractivity contribution in [3.63, 3.8) is 0 Å². The van der Waals surface area contributed by atoms with Gasteiger partial charge in [0, 0.05) is 30.8 Å². The molecule has 2 aliphatic heterocycles. The Morgan fingerprint density at radius 1 is 1.19 bits per heavy atom. The number of hydrogen-bond acceptors (Lipinski definition) is 6. The van der Waals surface area contributed by atoms with Gasteiger partial charge < -0.3 is 20.0 Å². The summed E-state index contributed by atoms with van der Waals surface area (Å²) in [5, 5.41) is 5.93. The Labute approximate surface area is 190 Å². The van der Waals surface area contributed by atoms with Gasteiger partial charge >= 0.3 is 0 Å². The van der Waals surface area contributed by atoms with E-state index in [9.17, 15) is 14.4 Å². The Morgan fingerprint density at radius 2 is 1.91 bits per heavy atom. The molecule has 1 saturated heterocycles. The minimum atomic E-state index is -0.484. The molecule has 1 fully saturated rings. The minimum Gasteiger partial charge on any atom is -0.464 e. The number of furan rings is 1. The molecule has 1 aromatic carbocycles. The standard InChI is InChI=1S/C23H26N4O4S/c1-14-5-10-18(31-14)15(2)24-21(29)16-6-8-17(9-7-16)25-20(28)13-19-22(30)26-23(32-19)27-11-3-4-12-27/h5-10,15,19H,3-4,11-13H2,1-2H3,(H,24,29)(H,25,28). The van der Waals surface area contributed by atoms with E-state index in [2.05, 4.69) is 20.5 Å². The largest absolute Gasteiger partial charge is 0.464 e. The second-order valence-electron chi connectivity index (χ2n) is 8.01. The van der Waals surface area contributed by atoms with E-state index in [1.165, 1.54) is 11.8 Å². The van der Waals surface area contributed by atoms with Crippen molar-refractivity contribution in [2.45, 2.75) is 44.4 Å². The highest BCUT2D eigenvalue weighted by molar-refractivity contribution is 8.15. The molecule has 9 heteroatoms. The first-order valence-corrected chi connectivity index (χ1v) is 11.6. The molecule has 2 unspecified atom stereocenters. The van der Waals surface area contributed by atoms with Gasteiger partial charge in [0.05, 0.1) is 6.04 Å². The predicted octanol–water partition coefficient (Wildman–Crippen LogP) is 3.50. The molecular formula is C23H26N4O4S. The molecule has 3 heterocycles. The van der Waals surface area contributed by atoms with Gasteiger partial charge in [-0.3, -0.25) is 14.4 Å². The summed E-state index contributed by atoms with van der Waals surface area (Å²) in [7, 11) is 0. The lowest BCUT2D eigenvalue weighted by atomic mass is 10.1. The molecule has 8 nitrogen and oxygen atoms in total. The van der Waals surface area contributed by atoms with Crippen molar-refractivity contribution in [3.8, 4) is 0 Å². The Kier molecular flexibility index (Phi) is 6.64. The van der Waals surface area contributed by atoms with E-state index in [1.54, 1.807) is 24.3 Å². The van der Waals surface area contributed by atoms with Gasteiger partial charge in [-0.15, -0.1) is 0 Å². The molecule has 2 atom stereocenters. The zero-order valence-electron chi connectivity index (χ0n) is 18.1. The van der Waals surface area contributed by atoms with Crippen LogP contribution in [-0.4, -0.2) is 46.1 Å². The number of nitrogens with zero attached hydrogens (tertiary/aromatic N) is 2. The van der Waals surface area contributed by atoms with Gasteiger partial charge in [0.15, 0.2) is 5.17 Å². The number of aryl methyl sites for hydroxylation is 1. The number of nitrogens with one attached hydrogen (secondary N) is 2. The van der Waals surface area contributed by atoms with E-state index < -0.39 is 5.25 Å². The van der Waals surface area contributed by atoms with E-state index in [4.69, 9.17) is 4.42 Å². The van der Waals surface area contributed by atoms with Crippen molar-refractivity contribution in [2.24, 2.45) is 4.99 Å². The summed E-state index contributed by atoms with van der Waals surface area (Å²) in [5.74, 6) is 0.741. The summed E-state index contributed by atoms with van der Waals surface area (Å²) >= 11 is 1.37. The van der Waals surface area contributed by atoms with Gasteiger partial charge in [0.2, 0.25) is 5.91 Å². The molecule has 168 valence electrons. The molecule has 2 N–H and O–H groups in total. The molecule has 0 bridgehead atoms. The van der Waals surface area contributed by atoms with Gasteiger partial charge in [-0.1, -0.05) is 11.8 Å². The van der Waals surface area contributed by atoms with Crippen LogP contribution < -0.4 is 10.6 Å². The van der Waals surface area contributed by atoms with E-state index in [0.717, 1.165) is 36.9 Å². The number of aliphatic imine (C=N–C) groups is 1. The van der Waals surface area contributed by atoms with Crippen molar-refractivity contribution in [3.05, 3.63) is 53.5 Å². The Bertz CT molecular complexity index is 1040. The van der Waals surface area contributed by atoms with Crippen molar-refractivity contribution >= 4 is 40.3 Å². The molecular weight excluding hydrogens is 428 g/mol. The van der Waals surface area contributed by atoms with E-state index in [-0.39, 0.29) is 30.2 Å². The van der Waals surface area contributed by atoms with Crippen LogP contribution in [0, 0.1) is 6.92 Å². The second-order valence-corrected chi connectivity index (χ2v) is 9.18. The topological polar surface area (TPSA) is 104 Å². The lowest BCUT2D eigenvalue weighted by Crippen LogP contribution is -2.26. The maximum Gasteiger partial charge on any atom is 0.262 e. The SMILES string of the molecule is Cc1ccc(C(C)NC(=O)c2ccc(NC(=O)CC3SC(N4CCCC4)=NC3=O)cc2)o1. The van der Waals surface area contributed by atoms with E-state index in [0.29, 0.717) is 17.0 Å². The smallest absolute Gasteiger partial charge is 0.262 e. The monoisotopic (exact) mass is 454 g/mol. The van der Waals surface area contributed by atoms with Crippen LogP contribution >= 0.6 is 11.8 Å². The summed E-state index contributed by atoms with van der Waals surface area (Å²) < 4.78 is 5.54. The van der Waals surface area contributed by atoms with Crippen LogP contribution in [0.25, 0.3) is 0 Å². The fourth-order valence-electron chi connectivity index (χ4n) is 3.68. The summed E-state index contributed by atoms with van der Waals surface area (Å²) in [6.45, 7) is 5.54. The van der Waals surface area contributed by atoms with Crippen molar-refractivity contribution < 1.29 is 18.8 Å². The van der Waals surface area contributed by atoms with Crippen LogP contribution in [0.3, 0.4) is 0 Å². The molecule has 0 radical (unpaired) electrons. The van der Waals surface area contributed by atoms with E-state index in [1.807, 2.05) is 26.0 Å². The third-order valence-corrected chi connectivity index (χ3v) is 6.66. The van der Waals surface area contributed by atoms with Gasteiger partial charge in [-0.2, -0.15) is 4.99 Å². The van der Waals surface area contributed by atoms with Crippen LogP contribution in [0.4, 0.5) is 5.69 Å². The fourth-order valence-corrected chi connectivity index (χ4v) is 4.79. The molecule has 0 spiro atoms. The average molecular weight is 455 g/mol. The summed E-state index contributed by atoms with van der Waals surface area (Å²) in [4.78, 5) is 43.3. The maximum atomic E-state index is 12.5. The number of anilines is 1. The number of likely N-dealkylation sites (tertiary alicyclic amines) is 1. The van der Waals surface area contributed by atoms with Crippen molar-refractivity contribution in [1.29, 1.82) is 0 Å². The molecule has 4 rings (SSSR count). The van der Waals surface area contributed by atoms with Crippen LogP contribution in [0.2, 0.25) is 0 Å². The zero-order chi connectivity index (χ0) is 22.7. The Hall–Kier alpha value is -3.07. The molecule has 3 amide bonds. The van der Waals surface area contributed by atoms with Crippen LogP contribution in [0.15, 0.2) is 45.8 Å². The number of benzene rings is 1. The highest BCUT2D eigenvalue weighted by Gasteiger charge is 2.33. The lowest BCUT2D eigenvalue weighted by molar-refractivity contribution is -0.121. The zero-order valence-corrected chi connectivity index (χ0v) is 18.9. The molecule has 1 aromatic heterocycles. The summed E-state index contributed by atoms with van der Waals surface area (Å²) in [5.41, 5.74) is 1.04. The predicted molar refractivity (Wildman–Crippen MR) is 124 cm³/mol. The number of rotatable bonds is 6. The Balaban J connectivity index is 1.27. The number of hydrogen-bond donors (Lipinski definition) is 2. The van der Waals surface area contributed by atoms with Crippen LogP contribution in [0.1, 0.15) is 54.1 Å². The normalized spacial score (nSPS) is 19.1. The molecule has 2 aromatic rings. The first-order chi connectivity index (χ1) is 15.4. The van der Waals surface area contributed by atoms with Gasteiger partial charge in [0.25, 0.3) is 11.8 Å². The average Bonchev–Trinajstić information content (AvgIpc) is 3.50. The van der Waals surface area contributed by atoms with Crippen molar-refractivity contribution in [2.75, 3.05) is 18.4 Å². The van der Waals surface area contributed by atoms with Gasteiger partial charge in [0.1, 0.15) is 16.8 Å². The third-order valence-electron chi connectivity index (χ3n) is 5.44. The number of amidine groups is 1. The number of carbonyl (C=O) groups excluding carboxylic acids is 3. The highest BCUT2D eigenvalue weighted by Crippen LogP contribution is 2.29. The highest BCUT2D eigenvalue weighted by atomic mass is 32.2. The molecule has 2 aliphatic rings. The van der Waals surface area contributed by atoms with E-state index >= 15 is 0 Å². The quantitative estimate of drug-likeness (QED) is 0.692. The number of carbonyl (C=O) groups is 3. The third kappa shape index (κ3) is 5.21. The van der Waals surface area contributed by atoms with Gasteiger partial charge in [-0.05, 0) is 63.1 Å². The first kappa shape index (κ1) is 22.1. The van der Waals surface area contributed by atoms with Crippen LogP contribution in [0.5, 0.6) is 0 Å². The molecule has 0 aliphatic carbocycles. The van der Waals surface area contributed by atoms with Gasteiger partial charge in [-0.25, -0.2) is 0 Å². The van der Waals surface area contributed by atoms with Crippen LogP contribution in [-0.2, 0) is 9.59 Å². The maximum absolute atomic E-state index is 12.5. The summed E-state index contributed by atoms with van der Waals surface area (Å²) in [6.07, 6.45) is 2.27. The molecule has 32 heavy (non-hydrogen) atoms. The lowest BCUT2D eigenvalue weighted by Gasteiger charge is -2.16. The summed E-state index contributed by atoms with van der Waals surface area (Å²) in [6, 6.07) is 10.1. The fraction of sp³-hybridized carbons (Fsp3) is 0.391. The van der Waals surface area contributed by atoms with Crippen molar-refractivity contribution in [1.82, 2.24) is 10.2 Å². The first-order valence-electron chi connectivity index (χ1n) is 10.7. The molecule has 0 saturated carbocycles. The second kappa shape index (κ2) is 9.60.